The molecule has 0 bridgehead atoms. The highest BCUT2D eigenvalue weighted by molar-refractivity contribution is 9.10. The molecule has 0 unspecified atom stereocenters. The number of hydrogen-bond acceptors (Lipinski definition) is 11. The Labute approximate surface area is 190 Å². The molecule has 0 aliphatic carbocycles. The number of nitrogens with one attached hydrogen (secondary N) is 1. The molecule has 13 heteroatoms. The SMILES string of the molecule is CC(=O)N[C@H]1[C@@H](OC(=O)c2ccc(Br)o2)O[C@@H](COC(C)=O)[C@@H](OC(C)=O)[C@@H]1OC(C)=O. The van der Waals surface area contributed by atoms with Crippen LogP contribution < -0.4 is 5.32 Å². The summed E-state index contributed by atoms with van der Waals surface area (Å²) in [7, 11) is 0. The summed E-state index contributed by atoms with van der Waals surface area (Å²) in [5.74, 6) is -3.87. The second kappa shape index (κ2) is 11.1. The molecule has 12 nitrogen and oxygen atoms in total. The largest absolute Gasteiger partial charge is 0.463 e. The molecule has 1 aliphatic heterocycles. The average molecular weight is 520 g/mol. The van der Waals surface area contributed by atoms with E-state index in [2.05, 4.69) is 21.2 Å². The maximum absolute atomic E-state index is 12.5. The van der Waals surface area contributed by atoms with Gasteiger partial charge < -0.3 is 33.4 Å². The number of carbonyl (C=O) groups is 5. The van der Waals surface area contributed by atoms with Gasteiger partial charge in [-0.25, -0.2) is 4.79 Å². The van der Waals surface area contributed by atoms with Crippen LogP contribution >= 0.6 is 15.9 Å². The van der Waals surface area contributed by atoms with E-state index in [0.29, 0.717) is 0 Å². The van der Waals surface area contributed by atoms with Gasteiger partial charge in [-0.1, -0.05) is 0 Å². The normalized spacial score (nSPS) is 24.7. The van der Waals surface area contributed by atoms with Crippen LogP contribution in [0.4, 0.5) is 0 Å². The molecule has 2 heterocycles. The van der Waals surface area contributed by atoms with E-state index in [1.807, 2.05) is 0 Å². The standard InChI is InChI=1S/C19H22BrNO11/c1-8(22)21-15-17(29-11(4)25)16(28-10(3)24)13(7-27-9(2)23)31-19(15)32-18(26)12-5-6-14(20)30-12/h5-6,13,15-17,19H,7H2,1-4H3,(H,21,22)/t13-,15+,16+,17+,19+/m0/s1. The molecule has 176 valence electrons. The van der Waals surface area contributed by atoms with Crippen molar-refractivity contribution in [1.29, 1.82) is 0 Å². The molecule has 5 atom stereocenters. The van der Waals surface area contributed by atoms with Crippen molar-refractivity contribution in [1.82, 2.24) is 5.32 Å². The van der Waals surface area contributed by atoms with Gasteiger partial charge in [-0.05, 0) is 28.1 Å². The Bertz CT molecular complexity index is 882. The summed E-state index contributed by atoms with van der Waals surface area (Å²) in [6.45, 7) is 4.13. The zero-order valence-electron chi connectivity index (χ0n) is 17.6. The highest BCUT2D eigenvalue weighted by Gasteiger charge is 2.52. The van der Waals surface area contributed by atoms with E-state index in [0.717, 1.165) is 20.8 Å². The lowest BCUT2D eigenvalue weighted by molar-refractivity contribution is -0.264. The van der Waals surface area contributed by atoms with Gasteiger partial charge >= 0.3 is 23.9 Å². The Morgan fingerprint density at radius 2 is 1.56 bits per heavy atom. The first-order chi connectivity index (χ1) is 15.0. The van der Waals surface area contributed by atoms with E-state index >= 15 is 0 Å². The van der Waals surface area contributed by atoms with Crippen LogP contribution in [0.15, 0.2) is 21.2 Å². The molecule has 0 radical (unpaired) electrons. The van der Waals surface area contributed by atoms with Gasteiger partial charge in [0.1, 0.15) is 18.8 Å². The highest BCUT2D eigenvalue weighted by atomic mass is 79.9. The van der Waals surface area contributed by atoms with E-state index in [1.165, 1.54) is 19.1 Å². The lowest BCUT2D eigenvalue weighted by Crippen LogP contribution is -2.66. The van der Waals surface area contributed by atoms with Gasteiger partial charge in [0.05, 0.1) is 0 Å². The summed E-state index contributed by atoms with van der Waals surface area (Å²) < 4.78 is 32.0. The number of carbonyl (C=O) groups excluding carboxylic acids is 5. The maximum Gasteiger partial charge on any atom is 0.376 e. The van der Waals surface area contributed by atoms with Crippen molar-refractivity contribution in [3.8, 4) is 0 Å². The van der Waals surface area contributed by atoms with Gasteiger partial charge in [0, 0.05) is 27.7 Å². The smallest absolute Gasteiger partial charge is 0.376 e. The van der Waals surface area contributed by atoms with E-state index < -0.39 is 67.0 Å². The third-order valence-electron chi connectivity index (χ3n) is 4.07. The molecule has 1 aromatic heterocycles. The second-order valence-corrected chi connectivity index (χ2v) is 7.51. The van der Waals surface area contributed by atoms with Crippen molar-refractivity contribution in [2.75, 3.05) is 6.61 Å². The average Bonchev–Trinajstić information content (AvgIpc) is 3.10. The Hall–Kier alpha value is -2.93. The van der Waals surface area contributed by atoms with Crippen LogP contribution in [0, 0.1) is 0 Å². The zero-order chi connectivity index (χ0) is 24.0. The Morgan fingerprint density at radius 1 is 0.938 bits per heavy atom. The number of hydrogen-bond donors (Lipinski definition) is 1. The third kappa shape index (κ3) is 7.05. The fourth-order valence-electron chi connectivity index (χ4n) is 2.98. The predicted octanol–water partition coefficient (Wildman–Crippen LogP) is 0.855. The van der Waals surface area contributed by atoms with Crippen molar-refractivity contribution < 1.29 is 52.1 Å². The van der Waals surface area contributed by atoms with Crippen molar-refractivity contribution >= 4 is 45.7 Å². The van der Waals surface area contributed by atoms with Crippen LogP contribution in [0.25, 0.3) is 0 Å². The molecule has 32 heavy (non-hydrogen) atoms. The van der Waals surface area contributed by atoms with Crippen molar-refractivity contribution in [2.24, 2.45) is 0 Å². The van der Waals surface area contributed by atoms with Gasteiger partial charge in [-0.3, -0.25) is 19.2 Å². The number of esters is 4. The fourth-order valence-corrected chi connectivity index (χ4v) is 3.29. The number of amides is 1. The zero-order valence-corrected chi connectivity index (χ0v) is 19.2. The highest BCUT2D eigenvalue weighted by Crippen LogP contribution is 2.29. The Balaban J connectivity index is 2.42. The third-order valence-corrected chi connectivity index (χ3v) is 4.49. The maximum atomic E-state index is 12.5. The molecule has 0 saturated carbocycles. The van der Waals surface area contributed by atoms with Gasteiger partial charge in [0.25, 0.3) is 0 Å². The molecule has 1 aromatic rings. The van der Waals surface area contributed by atoms with Crippen molar-refractivity contribution in [3.63, 3.8) is 0 Å². The van der Waals surface area contributed by atoms with E-state index in [-0.39, 0.29) is 10.4 Å². The molecule has 1 fully saturated rings. The second-order valence-electron chi connectivity index (χ2n) is 6.73. The van der Waals surface area contributed by atoms with Crippen LogP contribution in [-0.4, -0.2) is 67.0 Å². The van der Waals surface area contributed by atoms with Crippen LogP contribution in [0.2, 0.25) is 0 Å². The predicted molar refractivity (Wildman–Crippen MR) is 106 cm³/mol. The van der Waals surface area contributed by atoms with E-state index in [4.69, 9.17) is 28.1 Å². The van der Waals surface area contributed by atoms with Crippen LogP contribution in [-0.2, 0) is 42.9 Å². The number of furan rings is 1. The minimum absolute atomic E-state index is 0.176. The van der Waals surface area contributed by atoms with Gasteiger partial charge in [-0.2, -0.15) is 0 Å². The first kappa shape index (κ1) is 25.3. The van der Waals surface area contributed by atoms with Crippen LogP contribution in [0.3, 0.4) is 0 Å². The molecule has 0 aromatic carbocycles. The molecule has 1 saturated heterocycles. The first-order valence-electron chi connectivity index (χ1n) is 9.34. The monoisotopic (exact) mass is 519 g/mol. The quantitative estimate of drug-likeness (QED) is 0.402. The summed E-state index contributed by atoms with van der Waals surface area (Å²) >= 11 is 3.06. The molecular formula is C19H22BrNO11. The van der Waals surface area contributed by atoms with E-state index in [9.17, 15) is 24.0 Å². The van der Waals surface area contributed by atoms with Gasteiger partial charge in [-0.15, -0.1) is 0 Å². The molecule has 2 rings (SSSR count). The molecule has 1 amide bonds. The fraction of sp³-hybridized carbons (Fsp3) is 0.526. The van der Waals surface area contributed by atoms with Gasteiger partial charge in [0.15, 0.2) is 16.9 Å². The summed E-state index contributed by atoms with van der Waals surface area (Å²) in [5, 5.41) is 2.48. The minimum atomic E-state index is -1.52. The summed E-state index contributed by atoms with van der Waals surface area (Å²) in [4.78, 5) is 59.1. The summed E-state index contributed by atoms with van der Waals surface area (Å²) in [5.41, 5.74) is 0. The topological polar surface area (TPSA) is 157 Å². The van der Waals surface area contributed by atoms with Crippen molar-refractivity contribution in [3.05, 3.63) is 22.6 Å². The molecular weight excluding hydrogens is 498 g/mol. The molecule has 1 aliphatic rings. The van der Waals surface area contributed by atoms with Gasteiger partial charge in [0.2, 0.25) is 18.0 Å². The van der Waals surface area contributed by atoms with Crippen LogP contribution in [0.1, 0.15) is 38.2 Å². The Morgan fingerprint density at radius 3 is 2.06 bits per heavy atom. The summed E-state index contributed by atoms with van der Waals surface area (Å²) in [6.07, 6.45) is -5.35. The number of rotatable bonds is 7. The Kier molecular flexibility index (Phi) is 8.78. The molecule has 1 N–H and O–H groups in total. The first-order valence-corrected chi connectivity index (χ1v) is 10.1. The number of halogens is 1. The van der Waals surface area contributed by atoms with Crippen LogP contribution in [0.5, 0.6) is 0 Å². The number of ether oxygens (including phenoxy) is 5. The van der Waals surface area contributed by atoms with E-state index in [1.54, 1.807) is 0 Å². The van der Waals surface area contributed by atoms with Crippen molar-refractivity contribution in [2.45, 2.75) is 58.3 Å². The lowest BCUT2D eigenvalue weighted by Gasteiger charge is -2.44. The lowest BCUT2D eigenvalue weighted by atomic mass is 9.96. The molecule has 0 spiro atoms. The summed E-state index contributed by atoms with van der Waals surface area (Å²) in [6, 6.07) is 1.53. The minimum Gasteiger partial charge on any atom is -0.463 e.